The van der Waals surface area contributed by atoms with E-state index in [9.17, 15) is 4.39 Å². The fraction of sp³-hybridized carbons (Fsp3) is 0.591. The first kappa shape index (κ1) is 19.1. The lowest BCUT2D eigenvalue weighted by atomic mass is 9.78. The van der Waals surface area contributed by atoms with Crippen molar-refractivity contribution in [3.05, 3.63) is 47.3 Å². The highest BCUT2D eigenvalue weighted by Gasteiger charge is 2.32. The SMILES string of the molecule is CCC/C=C/[C@H]1CO[C@H](C2CCC(c3ccc(C#N)c(F)c3)CC2)OC1. The van der Waals surface area contributed by atoms with E-state index in [0.29, 0.717) is 17.8 Å². The summed E-state index contributed by atoms with van der Waals surface area (Å²) < 4.78 is 25.8. The summed E-state index contributed by atoms with van der Waals surface area (Å²) in [5.41, 5.74) is 1.13. The molecule has 0 atom stereocenters. The van der Waals surface area contributed by atoms with Gasteiger partial charge in [0.1, 0.15) is 11.9 Å². The Hall–Kier alpha value is -1.70. The summed E-state index contributed by atoms with van der Waals surface area (Å²) in [7, 11) is 0. The fourth-order valence-corrected chi connectivity index (χ4v) is 3.97. The second kappa shape index (κ2) is 9.30. The largest absolute Gasteiger partial charge is 0.352 e. The van der Waals surface area contributed by atoms with E-state index in [2.05, 4.69) is 19.1 Å². The zero-order valence-corrected chi connectivity index (χ0v) is 15.5. The number of unbranched alkanes of at least 4 members (excludes halogenated alkanes) is 1. The van der Waals surface area contributed by atoms with E-state index in [1.165, 1.54) is 12.5 Å². The molecule has 1 aliphatic carbocycles. The highest BCUT2D eigenvalue weighted by atomic mass is 19.1. The van der Waals surface area contributed by atoms with Gasteiger partial charge < -0.3 is 9.47 Å². The standard InChI is InChI=1S/C22H28FNO2/c1-2-3-4-5-16-14-25-22(26-15-16)18-8-6-17(7-9-18)19-10-11-20(13-24)21(23)12-19/h4-5,10-12,16-18,22H,2-3,6-9,14-15H2,1H3/b5-4+/t16-,17?,18?,22-. The molecule has 1 aromatic carbocycles. The van der Waals surface area contributed by atoms with Gasteiger partial charge in [0.15, 0.2) is 6.29 Å². The molecule has 0 N–H and O–H groups in total. The van der Waals surface area contributed by atoms with Gasteiger partial charge >= 0.3 is 0 Å². The van der Waals surface area contributed by atoms with Crippen LogP contribution in [0.4, 0.5) is 4.39 Å². The van der Waals surface area contributed by atoms with Gasteiger partial charge in [-0.15, -0.1) is 0 Å². The monoisotopic (exact) mass is 357 g/mol. The van der Waals surface area contributed by atoms with E-state index >= 15 is 0 Å². The third-order valence-electron chi connectivity index (χ3n) is 5.55. The molecule has 2 fully saturated rings. The number of hydrogen-bond donors (Lipinski definition) is 0. The van der Waals surface area contributed by atoms with E-state index in [0.717, 1.165) is 50.9 Å². The predicted molar refractivity (Wildman–Crippen MR) is 99.0 cm³/mol. The summed E-state index contributed by atoms with van der Waals surface area (Å²) in [4.78, 5) is 0. The van der Waals surface area contributed by atoms with Gasteiger partial charge in [0.05, 0.1) is 18.8 Å². The molecule has 0 unspecified atom stereocenters. The Morgan fingerprint density at radius 2 is 1.92 bits per heavy atom. The van der Waals surface area contributed by atoms with E-state index in [1.807, 2.05) is 12.1 Å². The smallest absolute Gasteiger partial charge is 0.160 e. The van der Waals surface area contributed by atoms with Crippen LogP contribution < -0.4 is 0 Å². The lowest BCUT2D eigenvalue weighted by Gasteiger charge is -2.37. The lowest BCUT2D eigenvalue weighted by Crippen LogP contribution is -2.37. The van der Waals surface area contributed by atoms with Crippen LogP contribution in [-0.2, 0) is 9.47 Å². The Bertz CT molecular complexity index is 651. The van der Waals surface area contributed by atoms with Crippen molar-refractivity contribution in [2.24, 2.45) is 11.8 Å². The van der Waals surface area contributed by atoms with E-state index in [1.54, 1.807) is 6.07 Å². The number of hydrogen-bond acceptors (Lipinski definition) is 3. The molecule has 1 aliphatic heterocycles. The Morgan fingerprint density at radius 1 is 1.19 bits per heavy atom. The van der Waals surface area contributed by atoms with Gasteiger partial charge in [-0.1, -0.05) is 31.6 Å². The van der Waals surface area contributed by atoms with E-state index in [4.69, 9.17) is 14.7 Å². The molecule has 3 rings (SSSR count). The number of nitriles is 1. The molecule has 1 aromatic rings. The Balaban J connectivity index is 1.47. The van der Waals surface area contributed by atoms with Gasteiger partial charge in [0, 0.05) is 11.8 Å². The maximum absolute atomic E-state index is 13.9. The summed E-state index contributed by atoms with van der Waals surface area (Å²) >= 11 is 0. The molecular weight excluding hydrogens is 329 g/mol. The number of ether oxygens (including phenoxy) is 2. The van der Waals surface area contributed by atoms with E-state index < -0.39 is 5.82 Å². The van der Waals surface area contributed by atoms with Crippen molar-refractivity contribution >= 4 is 0 Å². The van der Waals surface area contributed by atoms with E-state index in [-0.39, 0.29) is 11.9 Å². The number of halogens is 1. The van der Waals surface area contributed by atoms with Gasteiger partial charge in [-0.2, -0.15) is 5.26 Å². The maximum Gasteiger partial charge on any atom is 0.160 e. The zero-order chi connectivity index (χ0) is 18.4. The first-order valence-corrected chi connectivity index (χ1v) is 9.80. The first-order chi connectivity index (χ1) is 12.7. The zero-order valence-electron chi connectivity index (χ0n) is 15.5. The van der Waals surface area contributed by atoms with Crippen LogP contribution in [0.1, 0.15) is 62.5 Å². The van der Waals surface area contributed by atoms with Crippen LogP contribution >= 0.6 is 0 Å². The van der Waals surface area contributed by atoms with Gasteiger partial charge in [0.2, 0.25) is 0 Å². The average Bonchev–Trinajstić information content (AvgIpc) is 2.69. The maximum atomic E-state index is 13.9. The Kier molecular flexibility index (Phi) is 6.82. The van der Waals surface area contributed by atoms with Crippen molar-refractivity contribution in [1.29, 1.82) is 5.26 Å². The summed E-state index contributed by atoms with van der Waals surface area (Å²) in [6.07, 6.45) is 10.7. The molecule has 0 radical (unpaired) electrons. The quantitative estimate of drug-likeness (QED) is 0.670. The van der Waals surface area contributed by atoms with Crippen LogP contribution in [0.3, 0.4) is 0 Å². The number of rotatable bonds is 5. The summed E-state index contributed by atoms with van der Waals surface area (Å²) in [5.74, 6) is 0.751. The summed E-state index contributed by atoms with van der Waals surface area (Å²) in [6, 6.07) is 6.90. The molecule has 0 amide bonds. The number of allylic oxidation sites excluding steroid dienone is 1. The summed E-state index contributed by atoms with van der Waals surface area (Å²) in [6.45, 7) is 3.66. The third kappa shape index (κ3) is 4.72. The minimum absolute atomic E-state index is 0.0931. The summed E-state index contributed by atoms with van der Waals surface area (Å²) in [5, 5.41) is 8.86. The van der Waals surface area contributed by atoms with Gasteiger partial charge in [-0.05, 0) is 55.7 Å². The molecule has 140 valence electrons. The van der Waals surface area contributed by atoms with Crippen molar-refractivity contribution in [1.82, 2.24) is 0 Å². The molecule has 3 nitrogen and oxygen atoms in total. The minimum atomic E-state index is -0.409. The van der Waals surface area contributed by atoms with Crippen LogP contribution in [0.25, 0.3) is 0 Å². The van der Waals surface area contributed by atoms with Crippen LogP contribution in [0.5, 0.6) is 0 Å². The predicted octanol–water partition coefficient (Wildman–Crippen LogP) is 5.32. The molecule has 0 spiro atoms. The number of benzene rings is 1. The number of nitrogens with zero attached hydrogens (tertiary/aromatic N) is 1. The molecule has 0 aromatic heterocycles. The molecule has 1 saturated carbocycles. The van der Waals surface area contributed by atoms with Gasteiger partial charge in [-0.3, -0.25) is 0 Å². The van der Waals surface area contributed by atoms with Crippen LogP contribution in [0, 0.1) is 29.0 Å². The van der Waals surface area contributed by atoms with Crippen LogP contribution in [0.15, 0.2) is 30.4 Å². The average molecular weight is 357 g/mol. The molecule has 26 heavy (non-hydrogen) atoms. The molecule has 2 aliphatic rings. The van der Waals surface area contributed by atoms with Crippen molar-refractivity contribution in [2.75, 3.05) is 13.2 Å². The van der Waals surface area contributed by atoms with Crippen LogP contribution in [0.2, 0.25) is 0 Å². The van der Waals surface area contributed by atoms with Gasteiger partial charge in [-0.25, -0.2) is 4.39 Å². The Labute approximate surface area is 155 Å². The second-order valence-corrected chi connectivity index (χ2v) is 7.47. The highest BCUT2D eigenvalue weighted by molar-refractivity contribution is 5.34. The topological polar surface area (TPSA) is 42.2 Å². The molecule has 0 bridgehead atoms. The molecule has 1 heterocycles. The van der Waals surface area contributed by atoms with Crippen LogP contribution in [-0.4, -0.2) is 19.5 Å². The fourth-order valence-electron chi connectivity index (χ4n) is 3.97. The van der Waals surface area contributed by atoms with Crippen molar-refractivity contribution < 1.29 is 13.9 Å². The van der Waals surface area contributed by atoms with Crippen molar-refractivity contribution in [3.63, 3.8) is 0 Å². The Morgan fingerprint density at radius 3 is 2.54 bits per heavy atom. The molecular formula is C22H28FNO2. The van der Waals surface area contributed by atoms with Gasteiger partial charge in [0.25, 0.3) is 0 Å². The normalized spacial score (nSPS) is 29.6. The first-order valence-electron chi connectivity index (χ1n) is 9.80. The highest BCUT2D eigenvalue weighted by Crippen LogP contribution is 2.39. The van der Waals surface area contributed by atoms with Crippen molar-refractivity contribution in [3.8, 4) is 6.07 Å². The second-order valence-electron chi connectivity index (χ2n) is 7.47. The molecule has 4 heteroatoms. The third-order valence-corrected chi connectivity index (χ3v) is 5.55. The minimum Gasteiger partial charge on any atom is -0.352 e. The van der Waals surface area contributed by atoms with Crippen molar-refractivity contribution in [2.45, 2.75) is 57.7 Å². The lowest BCUT2D eigenvalue weighted by molar-refractivity contribution is -0.222. The molecule has 1 saturated heterocycles.